The Balaban J connectivity index is 1.80. The van der Waals surface area contributed by atoms with Crippen molar-refractivity contribution >= 4 is 11.8 Å². The minimum atomic E-state index is -0.246. The smallest absolute Gasteiger partial charge is 0.260 e. The molecule has 2 fully saturated rings. The van der Waals surface area contributed by atoms with Gasteiger partial charge in [-0.2, -0.15) is 0 Å². The molecule has 2 aliphatic heterocycles. The predicted octanol–water partition coefficient (Wildman–Crippen LogP) is 1.33. The Morgan fingerprint density at radius 1 is 1.05 bits per heavy atom. The highest BCUT2D eigenvalue weighted by Crippen LogP contribution is 2.24. The number of likely N-dealkylation sites (tertiary alicyclic amines) is 2. The zero-order valence-corrected chi connectivity index (χ0v) is 11.9. The summed E-state index contributed by atoms with van der Waals surface area (Å²) in [4.78, 5) is 28.2. The van der Waals surface area contributed by atoms with Gasteiger partial charge in [-0.05, 0) is 31.4 Å². The topological polar surface area (TPSA) is 66.6 Å². The van der Waals surface area contributed by atoms with Crippen molar-refractivity contribution in [3.63, 3.8) is 0 Å². The van der Waals surface area contributed by atoms with Crippen molar-refractivity contribution in [2.24, 2.45) is 5.73 Å². The standard InChI is InChI=1S/C16H19N3O2/c17-14(18-9-4-5-10-18)13-8-11-19(16(13)21)15(20)12-6-2-1-3-7-12/h1-3,6-7H,4-5,8-11,17H2/b14-13+. The van der Waals surface area contributed by atoms with Gasteiger partial charge in [0.25, 0.3) is 11.8 Å². The third-order valence-corrected chi connectivity index (χ3v) is 4.11. The van der Waals surface area contributed by atoms with Crippen LogP contribution in [0.15, 0.2) is 41.7 Å². The van der Waals surface area contributed by atoms with Crippen molar-refractivity contribution < 1.29 is 9.59 Å². The minimum Gasteiger partial charge on any atom is -0.385 e. The van der Waals surface area contributed by atoms with Crippen LogP contribution in [-0.2, 0) is 4.79 Å². The van der Waals surface area contributed by atoms with E-state index in [0.29, 0.717) is 29.9 Å². The molecule has 0 saturated carbocycles. The lowest BCUT2D eigenvalue weighted by atomic mass is 10.2. The average Bonchev–Trinajstić information content (AvgIpc) is 3.16. The fourth-order valence-electron chi connectivity index (χ4n) is 2.91. The van der Waals surface area contributed by atoms with Gasteiger partial charge in [0, 0.05) is 25.2 Å². The summed E-state index contributed by atoms with van der Waals surface area (Å²) in [6.07, 6.45) is 2.75. The van der Waals surface area contributed by atoms with Crippen LogP contribution in [0.1, 0.15) is 29.6 Å². The predicted molar refractivity (Wildman–Crippen MR) is 79.1 cm³/mol. The minimum absolute atomic E-state index is 0.242. The number of rotatable bonds is 2. The van der Waals surface area contributed by atoms with Crippen molar-refractivity contribution in [2.75, 3.05) is 19.6 Å². The van der Waals surface area contributed by atoms with Gasteiger partial charge in [-0.3, -0.25) is 14.5 Å². The summed E-state index contributed by atoms with van der Waals surface area (Å²) >= 11 is 0. The maximum atomic E-state index is 12.5. The second-order valence-electron chi connectivity index (χ2n) is 5.44. The molecule has 5 heteroatoms. The second kappa shape index (κ2) is 5.60. The summed E-state index contributed by atoms with van der Waals surface area (Å²) in [5.74, 6) is 0.0685. The largest absolute Gasteiger partial charge is 0.385 e. The summed E-state index contributed by atoms with van der Waals surface area (Å²) in [7, 11) is 0. The van der Waals surface area contributed by atoms with Crippen LogP contribution in [0, 0.1) is 0 Å². The molecule has 0 atom stereocenters. The maximum absolute atomic E-state index is 12.5. The average molecular weight is 285 g/mol. The van der Waals surface area contributed by atoms with Gasteiger partial charge < -0.3 is 10.6 Å². The van der Waals surface area contributed by atoms with E-state index in [1.54, 1.807) is 24.3 Å². The Hall–Kier alpha value is -2.30. The number of amides is 2. The van der Waals surface area contributed by atoms with Crippen LogP contribution in [-0.4, -0.2) is 41.2 Å². The summed E-state index contributed by atoms with van der Waals surface area (Å²) < 4.78 is 0. The molecular formula is C16H19N3O2. The molecule has 2 amide bonds. The first-order valence-corrected chi connectivity index (χ1v) is 7.33. The first-order valence-electron chi connectivity index (χ1n) is 7.33. The van der Waals surface area contributed by atoms with Crippen LogP contribution in [0.3, 0.4) is 0 Å². The molecule has 110 valence electrons. The SMILES string of the molecule is N/C(=C1/CCN(C(=O)c2ccccc2)C1=O)N1CCCC1. The molecule has 3 rings (SSSR count). The van der Waals surface area contributed by atoms with E-state index in [2.05, 4.69) is 0 Å². The van der Waals surface area contributed by atoms with Crippen molar-refractivity contribution in [2.45, 2.75) is 19.3 Å². The molecule has 2 N–H and O–H groups in total. The highest BCUT2D eigenvalue weighted by Gasteiger charge is 2.34. The lowest BCUT2D eigenvalue weighted by molar-refractivity contribution is -0.122. The molecule has 21 heavy (non-hydrogen) atoms. The molecule has 0 radical (unpaired) electrons. The molecule has 1 aromatic rings. The van der Waals surface area contributed by atoms with E-state index >= 15 is 0 Å². The molecule has 2 heterocycles. The van der Waals surface area contributed by atoms with Crippen LogP contribution in [0.4, 0.5) is 0 Å². The molecular weight excluding hydrogens is 266 g/mol. The Bertz CT molecular complexity index is 589. The fraction of sp³-hybridized carbons (Fsp3) is 0.375. The molecule has 5 nitrogen and oxygen atoms in total. The summed E-state index contributed by atoms with van der Waals surface area (Å²) in [6.45, 7) is 2.21. The van der Waals surface area contributed by atoms with Gasteiger partial charge in [0.05, 0.1) is 5.57 Å². The molecule has 0 aromatic heterocycles. The zero-order chi connectivity index (χ0) is 14.8. The third-order valence-electron chi connectivity index (χ3n) is 4.11. The normalized spacial score (nSPS) is 21.0. The van der Waals surface area contributed by atoms with Gasteiger partial charge in [-0.1, -0.05) is 18.2 Å². The third kappa shape index (κ3) is 2.51. The first-order chi connectivity index (χ1) is 10.2. The zero-order valence-electron chi connectivity index (χ0n) is 11.9. The van der Waals surface area contributed by atoms with Gasteiger partial charge in [-0.15, -0.1) is 0 Å². The number of carbonyl (C=O) groups excluding carboxylic acids is 2. The highest BCUT2D eigenvalue weighted by atomic mass is 16.2. The van der Waals surface area contributed by atoms with Crippen LogP contribution in [0.25, 0.3) is 0 Å². The number of hydrogen-bond acceptors (Lipinski definition) is 4. The Kier molecular flexibility index (Phi) is 3.64. The van der Waals surface area contributed by atoms with E-state index in [4.69, 9.17) is 5.73 Å². The number of carbonyl (C=O) groups is 2. The van der Waals surface area contributed by atoms with Gasteiger partial charge in [0.15, 0.2) is 0 Å². The maximum Gasteiger partial charge on any atom is 0.260 e. The van der Waals surface area contributed by atoms with E-state index < -0.39 is 0 Å². The number of imide groups is 1. The van der Waals surface area contributed by atoms with E-state index in [1.165, 1.54) is 4.90 Å². The Morgan fingerprint density at radius 2 is 1.71 bits per heavy atom. The number of nitrogens with two attached hydrogens (primary N) is 1. The van der Waals surface area contributed by atoms with Crippen molar-refractivity contribution in [1.82, 2.24) is 9.80 Å². The van der Waals surface area contributed by atoms with Crippen molar-refractivity contribution in [3.05, 3.63) is 47.3 Å². The first kappa shape index (κ1) is 13.7. The monoisotopic (exact) mass is 285 g/mol. The van der Waals surface area contributed by atoms with Gasteiger partial charge >= 0.3 is 0 Å². The number of benzene rings is 1. The molecule has 0 unspecified atom stereocenters. The van der Waals surface area contributed by atoms with Crippen molar-refractivity contribution in [3.8, 4) is 0 Å². The second-order valence-corrected chi connectivity index (χ2v) is 5.44. The lowest BCUT2D eigenvalue weighted by Crippen LogP contribution is -2.34. The molecule has 0 aliphatic carbocycles. The number of nitrogens with zero attached hydrogens (tertiary/aromatic N) is 2. The lowest BCUT2D eigenvalue weighted by Gasteiger charge is -2.19. The molecule has 1 aromatic carbocycles. The van der Waals surface area contributed by atoms with Gasteiger partial charge in [0.1, 0.15) is 5.82 Å². The highest BCUT2D eigenvalue weighted by molar-refractivity contribution is 6.11. The van der Waals surface area contributed by atoms with Crippen LogP contribution < -0.4 is 5.73 Å². The quantitative estimate of drug-likeness (QED) is 0.657. The van der Waals surface area contributed by atoms with Crippen molar-refractivity contribution in [1.29, 1.82) is 0 Å². The molecule has 2 saturated heterocycles. The molecule has 2 aliphatic rings. The molecule has 0 spiro atoms. The van der Waals surface area contributed by atoms with Crippen LogP contribution >= 0.6 is 0 Å². The van der Waals surface area contributed by atoms with Crippen LogP contribution in [0.2, 0.25) is 0 Å². The van der Waals surface area contributed by atoms with Gasteiger partial charge in [0.2, 0.25) is 0 Å². The fourth-order valence-corrected chi connectivity index (χ4v) is 2.91. The molecule has 0 bridgehead atoms. The van der Waals surface area contributed by atoms with Gasteiger partial charge in [-0.25, -0.2) is 0 Å². The summed E-state index contributed by atoms with van der Waals surface area (Å²) in [5, 5.41) is 0. The Morgan fingerprint density at radius 3 is 2.38 bits per heavy atom. The summed E-state index contributed by atoms with van der Waals surface area (Å²) in [6, 6.07) is 8.88. The van der Waals surface area contributed by atoms with Crippen LogP contribution in [0.5, 0.6) is 0 Å². The Labute approximate surface area is 124 Å². The number of hydrogen-bond donors (Lipinski definition) is 1. The van der Waals surface area contributed by atoms with E-state index in [9.17, 15) is 9.59 Å². The van der Waals surface area contributed by atoms with E-state index in [1.807, 2.05) is 11.0 Å². The summed E-state index contributed by atoms with van der Waals surface area (Å²) in [5.41, 5.74) is 7.24. The van der Waals surface area contributed by atoms with E-state index in [-0.39, 0.29) is 11.8 Å². The van der Waals surface area contributed by atoms with E-state index in [0.717, 1.165) is 25.9 Å².